The first-order chi connectivity index (χ1) is 11.4. The van der Waals surface area contributed by atoms with E-state index < -0.39 is 0 Å². The molecule has 1 N–H and O–H groups in total. The molecule has 5 nitrogen and oxygen atoms in total. The van der Waals surface area contributed by atoms with E-state index in [4.69, 9.17) is 16.3 Å². The van der Waals surface area contributed by atoms with Gasteiger partial charge in [-0.1, -0.05) is 11.6 Å². The van der Waals surface area contributed by atoms with E-state index in [0.717, 1.165) is 5.56 Å². The molecule has 0 unspecified atom stereocenters. The summed E-state index contributed by atoms with van der Waals surface area (Å²) in [7, 11) is 3.38. The number of benzene rings is 2. The van der Waals surface area contributed by atoms with E-state index in [1.165, 1.54) is 4.90 Å². The summed E-state index contributed by atoms with van der Waals surface area (Å²) in [5.74, 6) is 0.211. The number of amides is 2. The van der Waals surface area contributed by atoms with Crippen LogP contribution in [-0.2, 0) is 4.79 Å². The smallest absolute Gasteiger partial charge is 0.262 e. The standard InChI is InChI=1S/C18H19ClN2O3/c1-12-10-15(8-9-16(12)19)24-11-17(22)20-14-6-4-13(5-7-14)18(23)21(2)3/h4-10H,11H2,1-3H3,(H,20,22). The number of halogens is 1. The number of hydrogen-bond acceptors (Lipinski definition) is 3. The maximum Gasteiger partial charge on any atom is 0.262 e. The molecule has 0 heterocycles. The van der Waals surface area contributed by atoms with Crippen LogP contribution in [0.4, 0.5) is 5.69 Å². The highest BCUT2D eigenvalue weighted by molar-refractivity contribution is 6.31. The van der Waals surface area contributed by atoms with Crippen molar-refractivity contribution in [1.82, 2.24) is 4.90 Å². The second-order valence-electron chi connectivity index (χ2n) is 5.52. The van der Waals surface area contributed by atoms with Gasteiger partial charge in [-0.25, -0.2) is 0 Å². The third kappa shape index (κ3) is 4.73. The minimum atomic E-state index is -0.283. The van der Waals surface area contributed by atoms with Crippen molar-refractivity contribution >= 4 is 29.1 Å². The number of nitrogens with one attached hydrogen (secondary N) is 1. The largest absolute Gasteiger partial charge is 0.484 e. The first-order valence-electron chi connectivity index (χ1n) is 7.37. The number of ether oxygens (including phenoxy) is 1. The highest BCUT2D eigenvalue weighted by Gasteiger charge is 2.09. The van der Waals surface area contributed by atoms with Gasteiger partial charge in [0.2, 0.25) is 0 Å². The van der Waals surface area contributed by atoms with Gasteiger partial charge in [-0.3, -0.25) is 9.59 Å². The minimum Gasteiger partial charge on any atom is -0.484 e. The SMILES string of the molecule is Cc1cc(OCC(=O)Nc2ccc(C(=O)N(C)C)cc2)ccc1Cl. The van der Waals surface area contributed by atoms with E-state index in [2.05, 4.69) is 5.32 Å². The molecule has 0 spiro atoms. The van der Waals surface area contributed by atoms with Crippen LogP contribution in [0.5, 0.6) is 5.75 Å². The molecule has 6 heteroatoms. The molecule has 0 aliphatic carbocycles. The normalized spacial score (nSPS) is 10.2. The molecule has 126 valence electrons. The number of hydrogen-bond donors (Lipinski definition) is 1. The van der Waals surface area contributed by atoms with Gasteiger partial charge in [-0.05, 0) is 55.0 Å². The number of carbonyl (C=O) groups is 2. The van der Waals surface area contributed by atoms with Crippen molar-refractivity contribution in [2.45, 2.75) is 6.92 Å². The summed E-state index contributed by atoms with van der Waals surface area (Å²) in [6.45, 7) is 1.76. The quantitative estimate of drug-likeness (QED) is 0.903. The van der Waals surface area contributed by atoms with Crippen LogP contribution in [-0.4, -0.2) is 37.4 Å². The monoisotopic (exact) mass is 346 g/mol. The number of anilines is 1. The zero-order valence-corrected chi connectivity index (χ0v) is 14.6. The van der Waals surface area contributed by atoms with E-state index in [-0.39, 0.29) is 18.4 Å². The lowest BCUT2D eigenvalue weighted by molar-refractivity contribution is -0.118. The van der Waals surface area contributed by atoms with Crippen molar-refractivity contribution in [2.24, 2.45) is 0 Å². The van der Waals surface area contributed by atoms with Crippen LogP contribution in [0.15, 0.2) is 42.5 Å². The van der Waals surface area contributed by atoms with Gasteiger partial charge in [0.15, 0.2) is 6.61 Å². The fourth-order valence-electron chi connectivity index (χ4n) is 2.01. The number of rotatable bonds is 5. The summed E-state index contributed by atoms with van der Waals surface area (Å²) in [6.07, 6.45) is 0. The van der Waals surface area contributed by atoms with Gasteiger partial charge in [0.1, 0.15) is 5.75 Å². The maximum absolute atomic E-state index is 11.9. The van der Waals surface area contributed by atoms with E-state index in [0.29, 0.717) is 22.0 Å². The molecule has 2 rings (SSSR count). The first kappa shape index (κ1) is 17.8. The Hall–Kier alpha value is -2.53. The van der Waals surface area contributed by atoms with Gasteiger partial charge in [0.25, 0.3) is 11.8 Å². The predicted molar refractivity (Wildman–Crippen MR) is 94.8 cm³/mol. The van der Waals surface area contributed by atoms with Gasteiger partial charge >= 0.3 is 0 Å². The van der Waals surface area contributed by atoms with Crippen LogP contribution >= 0.6 is 11.6 Å². The number of nitrogens with zero attached hydrogens (tertiary/aromatic N) is 1. The average molecular weight is 347 g/mol. The highest BCUT2D eigenvalue weighted by atomic mass is 35.5. The first-order valence-corrected chi connectivity index (χ1v) is 7.75. The molecule has 0 aliphatic rings. The zero-order valence-electron chi connectivity index (χ0n) is 13.8. The summed E-state index contributed by atoms with van der Waals surface area (Å²) >= 11 is 5.94. The van der Waals surface area contributed by atoms with Crippen molar-refractivity contribution in [3.05, 3.63) is 58.6 Å². The van der Waals surface area contributed by atoms with Gasteiger partial charge < -0.3 is 15.0 Å². The Balaban J connectivity index is 1.90. The van der Waals surface area contributed by atoms with Crippen LogP contribution in [0.1, 0.15) is 15.9 Å². The van der Waals surface area contributed by atoms with Crippen LogP contribution in [0.3, 0.4) is 0 Å². The second-order valence-corrected chi connectivity index (χ2v) is 5.93. The molecule has 0 radical (unpaired) electrons. The van der Waals surface area contributed by atoms with Gasteiger partial charge in [-0.15, -0.1) is 0 Å². The van der Waals surface area contributed by atoms with Crippen LogP contribution in [0.25, 0.3) is 0 Å². The summed E-state index contributed by atoms with van der Waals surface area (Å²) in [5, 5.41) is 3.37. The second kappa shape index (κ2) is 7.84. The fourth-order valence-corrected chi connectivity index (χ4v) is 2.12. The Kier molecular flexibility index (Phi) is 5.82. The molecule has 2 aromatic rings. The van der Waals surface area contributed by atoms with Crippen molar-refractivity contribution in [1.29, 1.82) is 0 Å². The molecular formula is C18H19ClN2O3. The molecule has 2 aromatic carbocycles. The Labute approximate surface area is 146 Å². The van der Waals surface area contributed by atoms with Crippen LogP contribution in [0.2, 0.25) is 5.02 Å². The average Bonchev–Trinajstić information content (AvgIpc) is 2.56. The summed E-state index contributed by atoms with van der Waals surface area (Å²) < 4.78 is 5.44. The Morgan fingerprint density at radius 2 is 1.79 bits per heavy atom. The summed E-state index contributed by atoms with van der Waals surface area (Å²) in [6, 6.07) is 11.9. The third-order valence-electron chi connectivity index (χ3n) is 3.32. The van der Waals surface area contributed by atoms with Gasteiger partial charge in [-0.2, -0.15) is 0 Å². The molecule has 0 saturated carbocycles. The number of aryl methyl sites for hydroxylation is 1. The fraction of sp³-hybridized carbons (Fsp3) is 0.222. The van der Waals surface area contributed by atoms with E-state index in [1.54, 1.807) is 56.6 Å². The van der Waals surface area contributed by atoms with Crippen molar-refractivity contribution in [2.75, 3.05) is 26.0 Å². The molecule has 2 amide bonds. The van der Waals surface area contributed by atoms with Gasteiger partial charge in [0, 0.05) is 30.4 Å². The van der Waals surface area contributed by atoms with E-state index in [9.17, 15) is 9.59 Å². The lowest BCUT2D eigenvalue weighted by atomic mass is 10.2. The predicted octanol–water partition coefficient (Wildman–Crippen LogP) is 3.37. The topological polar surface area (TPSA) is 58.6 Å². The lowest BCUT2D eigenvalue weighted by Gasteiger charge is -2.11. The van der Waals surface area contributed by atoms with Crippen molar-refractivity contribution < 1.29 is 14.3 Å². The zero-order chi connectivity index (χ0) is 17.7. The van der Waals surface area contributed by atoms with Crippen LogP contribution < -0.4 is 10.1 Å². The lowest BCUT2D eigenvalue weighted by Crippen LogP contribution is -2.22. The summed E-state index contributed by atoms with van der Waals surface area (Å²) in [4.78, 5) is 25.2. The Morgan fingerprint density at radius 1 is 1.12 bits per heavy atom. The van der Waals surface area contributed by atoms with Gasteiger partial charge in [0.05, 0.1) is 0 Å². The Morgan fingerprint density at radius 3 is 2.38 bits per heavy atom. The van der Waals surface area contributed by atoms with Crippen molar-refractivity contribution in [3.63, 3.8) is 0 Å². The summed E-state index contributed by atoms with van der Waals surface area (Å²) in [5.41, 5.74) is 2.05. The molecule has 0 aromatic heterocycles. The molecule has 0 aliphatic heterocycles. The molecular weight excluding hydrogens is 328 g/mol. The highest BCUT2D eigenvalue weighted by Crippen LogP contribution is 2.21. The van der Waals surface area contributed by atoms with Crippen molar-refractivity contribution in [3.8, 4) is 5.75 Å². The van der Waals surface area contributed by atoms with E-state index >= 15 is 0 Å². The molecule has 0 bridgehead atoms. The van der Waals surface area contributed by atoms with E-state index in [1.807, 2.05) is 6.92 Å². The number of carbonyl (C=O) groups excluding carboxylic acids is 2. The molecule has 0 saturated heterocycles. The molecule has 0 atom stereocenters. The molecule has 24 heavy (non-hydrogen) atoms. The third-order valence-corrected chi connectivity index (χ3v) is 3.75. The minimum absolute atomic E-state index is 0.0886. The molecule has 0 fully saturated rings. The van der Waals surface area contributed by atoms with Crippen LogP contribution in [0, 0.1) is 6.92 Å². The maximum atomic E-state index is 11.9. The Bertz CT molecular complexity index is 742.